The lowest BCUT2D eigenvalue weighted by molar-refractivity contribution is -0.123. The average Bonchev–Trinajstić information content (AvgIpc) is 3.04. The maximum absolute atomic E-state index is 11.6. The van der Waals surface area contributed by atoms with E-state index in [2.05, 4.69) is 0 Å². The Labute approximate surface area is 131 Å². The van der Waals surface area contributed by atoms with Crippen molar-refractivity contribution < 1.29 is 14.3 Å². The number of urea groups is 1. The van der Waals surface area contributed by atoms with Gasteiger partial charge in [0.2, 0.25) is 5.91 Å². The zero-order valence-electron chi connectivity index (χ0n) is 13.0. The van der Waals surface area contributed by atoms with Crippen LogP contribution in [0.3, 0.4) is 0 Å². The van der Waals surface area contributed by atoms with Crippen LogP contribution in [0.4, 0.5) is 4.79 Å². The van der Waals surface area contributed by atoms with E-state index in [0.717, 1.165) is 22.8 Å². The van der Waals surface area contributed by atoms with Gasteiger partial charge in [0.15, 0.2) is 0 Å². The lowest BCUT2D eigenvalue weighted by atomic mass is 10.1. The van der Waals surface area contributed by atoms with Gasteiger partial charge in [0.1, 0.15) is 5.75 Å². The molecule has 0 saturated heterocycles. The summed E-state index contributed by atoms with van der Waals surface area (Å²) in [7, 11) is 1.36. The van der Waals surface area contributed by atoms with E-state index < -0.39 is 11.9 Å². The van der Waals surface area contributed by atoms with Gasteiger partial charge in [-0.15, -0.1) is 0 Å². The molecule has 22 heavy (non-hydrogen) atoms. The zero-order valence-corrected chi connectivity index (χ0v) is 13.0. The van der Waals surface area contributed by atoms with E-state index in [1.165, 1.54) is 39.2 Å². The molecule has 0 aromatic heterocycles. The van der Waals surface area contributed by atoms with Crippen LogP contribution in [-0.4, -0.2) is 30.5 Å². The second-order valence-electron chi connectivity index (χ2n) is 5.75. The van der Waals surface area contributed by atoms with Gasteiger partial charge < -0.3 is 10.5 Å². The third-order valence-corrected chi connectivity index (χ3v) is 4.06. The maximum atomic E-state index is 11.6. The summed E-state index contributed by atoms with van der Waals surface area (Å²) in [6, 6.07) is 6.94. The molecule has 0 spiro atoms. The summed E-state index contributed by atoms with van der Waals surface area (Å²) in [5, 5.41) is 0. The van der Waals surface area contributed by atoms with Crippen LogP contribution in [0.2, 0.25) is 0 Å². The monoisotopic (exact) mass is 303 g/mol. The fourth-order valence-electron chi connectivity index (χ4n) is 2.56. The molecular formula is C17H23N2O3. The van der Waals surface area contributed by atoms with Gasteiger partial charge in [0.05, 0.1) is 13.0 Å². The first-order valence-electron chi connectivity index (χ1n) is 7.68. The topological polar surface area (TPSA) is 72.6 Å². The Morgan fingerprint density at radius 1 is 1.27 bits per heavy atom. The lowest BCUT2D eigenvalue weighted by Crippen LogP contribution is -2.37. The molecule has 1 aliphatic rings. The fourth-order valence-corrected chi connectivity index (χ4v) is 2.56. The predicted octanol–water partition coefficient (Wildman–Crippen LogP) is 2.54. The molecule has 1 saturated carbocycles. The molecule has 0 atom stereocenters. The molecule has 119 valence electrons. The minimum atomic E-state index is -0.753. The molecule has 1 aromatic carbocycles. The Balaban J connectivity index is 1.76. The van der Waals surface area contributed by atoms with Crippen LogP contribution in [0, 0.1) is 12.3 Å². The van der Waals surface area contributed by atoms with Crippen molar-refractivity contribution in [1.82, 2.24) is 4.90 Å². The molecule has 2 N–H and O–H groups in total. The molecule has 5 nitrogen and oxygen atoms in total. The predicted molar refractivity (Wildman–Crippen MR) is 84.3 cm³/mol. The number of benzene rings is 1. The van der Waals surface area contributed by atoms with Gasteiger partial charge >= 0.3 is 6.03 Å². The van der Waals surface area contributed by atoms with E-state index in [-0.39, 0.29) is 0 Å². The number of ether oxygens (including phenoxy) is 1. The van der Waals surface area contributed by atoms with Crippen LogP contribution < -0.4 is 10.5 Å². The summed E-state index contributed by atoms with van der Waals surface area (Å²) in [6.45, 7) is 0.785. The van der Waals surface area contributed by atoms with E-state index in [9.17, 15) is 9.59 Å². The molecule has 2 rings (SSSR count). The third-order valence-electron chi connectivity index (χ3n) is 4.06. The summed E-state index contributed by atoms with van der Waals surface area (Å²) in [5.74, 6) is 1.15. The van der Waals surface area contributed by atoms with Gasteiger partial charge in [0, 0.05) is 7.05 Å². The minimum Gasteiger partial charge on any atom is -0.493 e. The number of imide groups is 1. The first-order valence-corrected chi connectivity index (χ1v) is 7.68. The van der Waals surface area contributed by atoms with E-state index in [0.29, 0.717) is 12.3 Å². The summed E-state index contributed by atoms with van der Waals surface area (Å²) < 4.78 is 5.79. The molecule has 5 heteroatoms. The highest BCUT2D eigenvalue weighted by Crippen LogP contribution is 2.25. The standard InChI is InChI=1S/C17H23N2O3/c1-19(17(18)21)16(20)11-8-13-6-9-15(10-7-13)22-12-14-4-2-3-5-14/h6-7,9-11,14H,2-5,8,12H2,1H3,(H2,18,21). The fraction of sp³-hybridized carbons (Fsp3) is 0.471. The molecule has 1 aliphatic carbocycles. The number of carbonyl (C=O) groups excluding carboxylic acids is 2. The van der Waals surface area contributed by atoms with Crippen LogP contribution in [0.1, 0.15) is 31.2 Å². The van der Waals surface area contributed by atoms with Crippen molar-refractivity contribution >= 4 is 11.9 Å². The van der Waals surface area contributed by atoms with E-state index >= 15 is 0 Å². The number of hydrogen-bond acceptors (Lipinski definition) is 3. The van der Waals surface area contributed by atoms with Gasteiger partial charge in [0.25, 0.3) is 0 Å². The summed E-state index contributed by atoms with van der Waals surface area (Å²) >= 11 is 0. The second kappa shape index (κ2) is 7.82. The number of carbonyl (C=O) groups is 2. The quantitative estimate of drug-likeness (QED) is 0.877. The molecule has 0 aliphatic heterocycles. The largest absolute Gasteiger partial charge is 0.493 e. The second-order valence-corrected chi connectivity index (χ2v) is 5.75. The number of amides is 3. The highest BCUT2D eigenvalue weighted by atomic mass is 16.5. The number of primary amides is 1. The van der Waals surface area contributed by atoms with Gasteiger partial charge in [-0.05, 0) is 42.9 Å². The molecule has 1 radical (unpaired) electrons. The van der Waals surface area contributed by atoms with Gasteiger partial charge in [-0.2, -0.15) is 0 Å². The number of rotatable bonds is 6. The van der Waals surface area contributed by atoms with Crippen molar-refractivity contribution in [3.8, 4) is 5.75 Å². The highest BCUT2D eigenvalue weighted by Gasteiger charge is 2.16. The van der Waals surface area contributed by atoms with Crippen LogP contribution in [0.25, 0.3) is 0 Å². The van der Waals surface area contributed by atoms with Crippen LogP contribution >= 0.6 is 0 Å². The molecule has 1 fully saturated rings. The first kappa shape index (κ1) is 16.3. The van der Waals surface area contributed by atoms with Crippen molar-refractivity contribution in [1.29, 1.82) is 0 Å². The molecule has 1 aromatic rings. The van der Waals surface area contributed by atoms with E-state index in [4.69, 9.17) is 10.5 Å². The van der Waals surface area contributed by atoms with Gasteiger partial charge in [-0.1, -0.05) is 25.0 Å². The maximum Gasteiger partial charge on any atom is 0.321 e. The molecule has 0 bridgehead atoms. The SMILES string of the molecule is CN(C(N)=O)C(=O)[CH]Cc1ccc(OCC2CCCC2)cc1. The molecular weight excluding hydrogens is 280 g/mol. The van der Waals surface area contributed by atoms with E-state index in [1.807, 2.05) is 24.3 Å². The Bertz CT molecular complexity index is 507. The Morgan fingerprint density at radius 2 is 1.91 bits per heavy atom. The highest BCUT2D eigenvalue weighted by molar-refractivity contribution is 5.97. The summed E-state index contributed by atoms with van der Waals surface area (Å²) in [5.41, 5.74) is 6.03. The molecule has 3 amide bonds. The number of nitrogens with two attached hydrogens (primary N) is 1. The third kappa shape index (κ3) is 4.76. The Hall–Kier alpha value is -2.04. The Kier molecular flexibility index (Phi) is 5.81. The number of hydrogen-bond donors (Lipinski definition) is 1. The summed E-state index contributed by atoms with van der Waals surface area (Å²) in [4.78, 5) is 23.4. The Morgan fingerprint density at radius 3 is 2.50 bits per heavy atom. The minimum absolute atomic E-state index is 0.394. The van der Waals surface area contributed by atoms with Gasteiger partial charge in [-0.25, -0.2) is 4.79 Å². The normalized spacial score (nSPS) is 14.8. The smallest absolute Gasteiger partial charge is 0.321 e. The van der Waals surface area contributed by atoms with Crippen molar-refractivity contribution in [2.75, 3.05) is 13.7 Å². The lowest BCUT2D eigenvalue weighted by Gasteiger charge is -2.13. The van der Waals surface area contributed by atoms with Crippen LogP contribution in [0.5, 0.6) is 5.75 Å². The first-order chi connectivity index (χ1) is 10.6. The molecule has 0 unspecified atom stereocenters. The van der Waals surface area contributed by atoms with Crippen molar-refractivity contribution in [2.24, 2.45) is 11.7 Å². The van der Waals surface area contributed by atoms with Crippen molar-refractivity contribution in [3.05, 3.63) is 36.2 Å². The van der Waals surface area contributed by atoms with Crippen molar-refractivity contribution in [2.45, 2.75) is 32.1 Å². The van der Waals surface area contributed by atoms with Crippen LogP contribution in [-0.2, 0) is 11.2 Å². The van der Waals surface area contributed by atoms with E-state index in [1.54, 1.807) is 0 Å². The average molecular weight is 303 g/mol. The summed E-state index contributed by atoms with van der Waals surface area (Å²) in [6.07, 6.45) is 7.07. The van der Waals surface area contributed by atoms with Gasteiger partial charge in [-0.3, -0.25) is 9.69 Å². The van der Waals surface area contributed by atoms with Crippen molar-refractivity contribution in [3.63, 3.8) is 0 Å². The molecule has 0 heterocycles. The number of nitrogens with zero attached hydrogens (tertiary/aromatic N) is 1. The van der Waals surface area contributed by atoms with Crippen LogP contribution in [0.15, 0.2) is 24.3 Å². The zero-order chi connectivity index (χ0) is 15.9.